The van der Waals surface area contributed by atoms with Crippen molar-refractivity contribution >= 4 is 16.5 Å². The van der Waals surface area contributed by atoms with Gasteiger partial charge in [0.05, 0.1) is 17.1 Å². The summed E-state index contributed by atoms with van der Waals surface area (Å²) in [5.74, 6) is 0.831. The van der Waals surface area contributed by atoms with E-state index in [0.29, 0.717) is 0 Å². The van der Waals surface area contributed by atoms with Gasteiger partial charge in [0.25, 0.3) is 5.56 Å². The van der Waals surface area contributed by atoms with Crippen molar-refractivity contribution in [2.75, 3.05) is 63.8 Å². The minimum atomic E-state index is 0.0461. The number of nitrogens with one attached hydrogen (secondary N) is 2. The van der Waals surface area contributed by atoms with Gasteiger partial charge in [-0.3, -0.25) is 9.69 Å². The lowest BCUT2D eigenvalue weighted by atomic mass is 10.0. The third-order valence-electron chi connectivity index (χ3n) is 6.83. The molecule has 29 heavy (non-hydrogen) atoms. The maximum absolute atomic E-state index is 13.1. The first kappa shape index (κ1) is 19.0. The van der Waals surface area contributed by atoms with E-state index in [2.05, 4.69) is 32.6 Å². The number of piperidine rings is 1. The Balaban J connectivity index is 1.35. The molecule has 3 aliphatic rings. The fourth-order valence-corrected chi connectivity index (χ4v) is 4.92. The molecule has 3 fully saturated rings. The molecule has 3 saturated heterocycles. The van der Waals surface area contributed by atoms with E-state index in [0.717, 1.165) is 74.5 Å². The smallest absolute Gasteiger partial charge is 0.274 e. The van der Waals surface area contributed by atoms with Crippen molar-refractivity contribution in [2.45, 2.75) is 25.8 Å². The quantitative estimate of drug-likeness (QED) is 0.803. The van der Waals surface area contributed by atoms with E-state index in [-0.39, 0.29) is 11.6 Å². The van der Waals surface area contributed by atoms with Gasteiger partial charge in [-0.25, -0.2) is 4.68 Å². The third-order valence-corrected chi connectivity index (χ3v) is 6.83. The van der Waals surface area contributed by atoms with Gasteiger partial charge in [-0.05, 0) is 50.4 Å². The van der Waals surface area contributed by atoms with Crippen LogP contribution in [-0.2, 0) is 0 Å². The van der Waals surface area contributed by atoms with Gasteiger partial charge < -0.3 is 15.5 Å². The van der Waals surface area contributed by atoms with Crippen LogP contribution in [0, 0.1) is 12.8 Å². The summed E-state index contributed by atoms with van der Waals surface area (Å²) in [6, 6.07) is 6.48. The van der Waals surface area contributed by atoms with Crippen molar-refractivity contribution in [3.63, 3.8) is 0 Å². The minimum Gasteiger partial charge on any atom is -0.369 e. The highest BCUT2D eigenvalue weighted by Gasteiger charge is 2.24. The molecule has 7 nitrogen and oxygen atoms in total. The average Bonchev–Trinajstić information content (AvgIpc) is 2.74. The van der Waals surface area contributed by atoms with Gasteiger partial charge in [0.2, 0.25) is 0 Å². The first-order valence-electron chi connectivity index (χ1n) is 11.1. The zero-order chi connectivity index (χ0) is 19.8. The van der Waals surface area contributed by atoms with Crippen LogP contribution in [-0.4, -0.2) is 73.6 Å². The van der Waals surface area contributed by atoms with Crippen LogP contribution in [0.15, 0.2) is 23.0 Å². The molecule has 1 aromatic carbocycles. The summed E-state index contributed by atoms with van der Waals surface area (Å²) in [5, 5.41) is 13.2. The minimum absolute atomic E-state index is 0.0461. The molecule has 4 heterocycles. The Hall–Kier alpha value is -1.96. The van der Waals surface area contributed by atoms with Gasteiger partial charge in [-0.1, -0.05) is 0 Å². The number of fused-ring (bicyclic) bond motifs is 1. The monoisotopic (exact) mass is 396 g/mol. The summed E-state index contributed by atoms with van der Waals surface area (Å²) in [6.07, 6.45) is 2.11. The second-order valence-corrected chi connectivity index (χ2v) is 8.88. The van der Waals surface area contributed by atoms with Crippen LogP contribution in [0.25, 0.3) is 10.8 Å². The number of piperazine rings is 1. The number of nitrogens with zero attached hydrogens (tertiary/aromatic N) is 4. The lowest BCUT2D eigenvalue weighted by Gasteiger charge is -2.39. The summed E-state index contributed by atoms with van der Waals surface area (Å²) in [6.45, 7) is 11.8. The topological polar surface area (TPSA) is 65.4 Å². The molecule has 0 saturated carbocycles. The molecule has 0 bridgehead atoms. The molecule has 2 N–H and O–H groups in total. The van der Waals surface area contributed by atoms with Crippen LogP contribution in [0.4, 0.5) is 5.69 Å². The fraction of sp³-hybridized carbons (Fsp3) is 0.636. The summed E-state index contributed by atoms with van der Waals surface area (Å²) < 4.78 is 1.72. The predicted molar refractivity (Wildman–Crippen MR) is 117 cm³/mol. The normalized spacial score (nSPS) is 24.0. The fourth-order valence-electron chi connectivity index (χ4n) is 4.92. The van der Waals surface area contributed by atoms with Gasteiger partial charge in [-0.15, -0.1) is 0 Å². The highest BCUT2D eigenvalue weighted by atomic mass is 16.1. The maximum Gasteiger partial charge on any atom is 0.274 e. The molecule has 2 aromatic rings. The summed E-state index contributed by atoms with van der Waals surface area (Å²) in [7, 11) is 0. The van der Waals surface area contributed by atoms with E-state index in [4.69, 9.17) is 5.10 Å². The third kappa shape index (κ3) is 3.79. The van der Waals surface area contributed by atoms with E-state index >= 15 is 0 Å². The van der Waals surface area contributed by atoms with Crippen molar-refractivity contribution < 1.29 is 0 Å². The van der Waals surface area contributed by atoms with Crippen LogP contribution in [0.2, 0.25) is 0 Å². The van der Waals surface area contributed by atoms with E-state index in [1.54, 1.807) is 4.68 Å². The summed E-state index contributed by atoms with van der Waals surface area (Å²) in [4.78, 5) is 18.1. The van der Waals surface area contributed by atoms with Gasteiger partial charge in [0.15, 0.2) is 0 Å². The van der Waals surface area contributed by atoms with Crippen LogP contribution in [0.1, 0.15) is 24.6 Å². The molecule has 7 heteroatoms. The Bertz CT molecular complexity index is 923. The number of aromatic nitrogens is 2. The van der Waals surface area contributed by atoms with E-state index in [1.807, 2.05) is 13.0 Å². The Morgan fingerprint density at radius 1 is 1.07 bits per heavy atom. The molecule has 1 atom stereocenters. The second-order valence-electron chi connectivity index (χ2n) is 8.88. The number of benzene rings is 1. The number of aryl methyl sites for hydroxylation is 1. The molecule has 3 aliphatic heterocycles. The number of anilines is 1. The largest absolute Gasteiger partial charge is 0.369 e. The summed E-state index contributed by atoms with van der Waals surface area (Å²) in [5.41, 5.74) is 2.21. The molecule has 0 radical (unpaired) electrons. The van der Waals surface area contributed by atoms with Crippen LogP contribution in [0.3, 0.4) is 0 Å². The van der Waals surface area contributed by atoms with Crippen LogP contribution < -0.4 is 21.1 Å². The Morgan fingerprint density at radius 2 is 1.90 bits per heavy atom. The Morgan fingerprint density at radius 3 is 2.59 bits per heavy atom. The molecule has 156 valence electrons. The van der Waals surface area contributed by atoms with E-state index in [9.17, 15) is 4.79 Å². The SMILES string of the molecule is Cc1nn(C2CCCNC2)c(=O)c2ccc(N3CCN(CC4CNC4)CC3)cc12. The van der Waals surface area contributed by atoms with Crippen molar-refractivity contribution in [1.29, 1.82) is 0 Å². The van der Waals surface area contributed by atoms with Crippen LogP contribution >= 0.6 is 0 Å². The second kappa shape index (κ2) is 8.05. The molecule has 0 amide bonds. The molecule has 0 aliphatic carbocycles. The lowest BCUT2D eigenvalue weighted by molar-refractivity contribution is 0.184. The van der Waals surface area contributed by atoms with E-state index < -0.39 is 0 Å². The first-order chi connectivity index (χ1) is 14.2. The molecule has 1 unspecified atom stereocenters. The van der Waals surface area contributed by atoms with Crippen molar-refractivity contribution in [1.82, 2.24) is 25.3 Å². The standard InChI is InChI=1S/C22H32N6O/c1-16-21-11-18(27-9-7-26(8-10-27)15-17-12-24-13-17)4-5-20(21)22(29)28(25-16)19-3-2-6-23-14-19/h4-5,11,17,19,23-24H,2-3,6-10,12-15H2,1H3. The number of hydrogen-bond donors (Lipinski definition) is 2. The Kier molecular flexibility index (Phi) is 5.28. The molecular formula is C22H32N6O. The highest BCUT2D eigenvalue weighted by Crippen LogP contribution is 2.24. The van der Waals surface area contributed by atoms with Crippen molar-refractivity contribution in [3.05, 3.63) is 34.2 Å². The highest BCUT2D eigenvalue weighted by molar-refractivity contribution is 5.87. The van der Waals surface area contributed by atoms with Gasteiger partial charge in [-0.2, -0.15) is 5.10 Å². The lowest BCUT2D eigenvalue weighted by Crippen LogP contribution is -2.53. The predicted octanol–water partition coefficient (Wildman–Crippen LogP) is 0.971. The zero-order valence-corrected chi connectivity index (χ0v) is 17.4. The van der Waals surface area contributed by atoms with Crippen molar-refractivity contribution in [2.24, 2.45) is 5.92 Å². The van der Waals surface area contributed by atoms with Crippen LogP contribution in [0.5, 0.6) is 0 Å². The van der Waals surface area contributed by atoms with Crippen molar-refractivity contribution in [3.8, 4) is 0 Å². The van der Waals surface area contributed by atoms with Gasteiger partial charge in [0, 0.05) is 63.4 Å². The molecule has 1 aromatic heterocycles. The van der Waals surface area contributed by atoms with Gasteiger partial charge >= 0.3 is 0 Å². The first-order valence-corrected chi connectivity index (χ1v) is 11.1. The van der Waals surface area contributed by atoms with Gasteiger partial charge in [0.1, 0.15) is 0 Å². The Labute approximate surface area is 172 Å². The number of rotatable bonds is 4. The maximum atomic E-state index is 13.1. The molecular weight excluding hydrogens is 364 g/mol. The summed E-state index contributed by atoms with van der Waals surface area (Å²) >= 11 is 0. The molecule has 5 rings (SSSR count). The average molecular weight is 397 g/mol. The zero-order valence-electron chi connectivity index (χ0n) is 17.4. The molecule has 0 spiro atoms. The number of hydrogen-bond acceptors (Lipinski definition) is 6. The van der Waals surface area contributed by atoms with E-state index in [1.165, 1.54) is 25.3 Å².